The second kappa shape index (κ2) is 26.1. The quantitative estimate of drug-likeness (QED) is 0.0556. The maximum atomic E-state index is 13.1. The highest BCUT2D eigenvalue weighted by atomic mass is 19.4. The first kappa shape index (κ1) is 42.7. The van der Waals surface area contributed by atoms with Crippen molar-refractivity contribution in [2.24, 2.45) is 0 Å². The highest BCUT2D eigenvalue weighted by Crippen LogP contribution is 2.32. The van der Waals surface area contributed by atoms with Gasteiger partial charge in [-0.15, -0.1) is 0 Å². The molecule has 0 atom stereocenters. The van der Waals surface area contributed by atoms with E-state index in [1.165, 1.54) is 62.3 Å². The molecule has 12 heteroatoms. The van der Waals surface area contributed by atoms with E-state index in [1.54, 1.807) is 18.2 Å². The molecular weight excluding hydrogens is 679 g/mol. The molecule has 0 aliphatic carbocycles. The lowest BCUT2D eigenvalue weighted by molar-refractivity contribution is -0.137. The highest BCUT2D eigenvalue weighted by Gasteiger charge is 2.30. The van der Waals surface area contributed by atoms with E-state index < -0.39 is 17.7 Å². The molecule has 0 radical (unpaired) electrons. The molecule has 0 aliphatic heterocycles. The molecular formula is C40H54F3NO8. The summed E-state index contributed by atoms with van der Waals surface area (Å²) in [5.74, 6) is 0.235. The van der Waals surface area contributed by atoms with Gasteiger partial charge in [-0.05, 0) is 60.9 Å². The normalized spacial score (nSPS) is 11.5. The number of rotatable bonds is 29. The van der Waals surface area contributed by atoms with Crippen molar-refractivity contribution in [3.63, 3.8) is 0 Å². The number of carbonyl (C=O) groups excluding carboxylic acids is 1. The van der Waals surface area contributed by atoms with Crippen molar-refractivity contribution in [3.05, 3.63) is 89.5 Å². The van der Waals surface area contributed by atoms with Gasteiger partial charge in [-0.25, -0.2) is 4.79 Å². The Morgan fingerprint density at radius 2 is 1.17 bits per heavy atom. The molecule has 288 valence electrons. The lowest BCUT2D eigenvalue weighted by Gasteiger charge is -2.13. The second-order valence-electron chi connectivity index (χ2n) is 12.0. The topological polar surface area (TPSA) is 93.7 Å². The van der Waals surface area contributed by atoms with Gasteiger partial charge in [0.2, 0.25) is 0 Å². The van der Waals surface area contributed by atoms with Crippen LogP contribution < -0.4 is 10.1 Å². The summed E-state index contributed by atoms with van der Waals surface area (Å²) in [4.78, 5) is 12.6. The average molecular weight is 734 g/mol. The zero-order chi connectivity index (χ0) is 37.1. The van der Waals surface area contributed by atoms with E-state index in [9.17, 15) is 18.0 Å². The third-order valence-corrected chi connectivity index (χ3v) is 7.80. The minimum Gasteiger partial charge on any atom is -0.491 e. The molecule has 0 fully saturated rings. The number of hydrogen-bond acceptors (Lipinski definition) is 9. The van der Waals surface area contributed by atoms with Gasteiger partial charge in [-0.2, -0.15) is 13.2 Å². The third kappa shape index (κ3) is 18.7. The largest absolute Gasteiger partial charge is 0.491 e. The molecule has 3 aromatic carbocycles. The zero-order valence-corrected chi connectivity index (χ0v) is 30.3. The number of carbonyl (C=O) groups is 1. The predicted molar refractivity (Wildman–Crippen MR) is 195 cm³/mol. The summed E-state index contributed by atoms with van der Waals surface area (Å²) in [6, 6.07) is 19.5. The van der Waals surface area contributed by atoms with Gasteiger partial charge in [0, 0.05) is 5.69 Å². The molecule has 0 unspecified atom stereocenters. The molecule has 0 amide bonds. The third-order valence-electron chi connectivity index (χ3n) is 7.80. The molecule has 52 heavy (non-hydrogen) atoms. The summed E-state index contributed by atoms with van der Waals surface area (Å²) in [6.45, 7) is 6.74. The van der Waals surface area contributed by atoms with E-state index in [2.05, 4.69) is 24.4 Å². The number of unbranched alkanes of at least 4 members (excludes halogenated alkanes) is 5. The predicted octanol–water partition coefficient (Wildman–Crippen LogP) is 8.67. The van der Waals surface area contributed by atoms with Crippen LogP contribution >= 0.6 is 0 Å². The van der Waals surface area contributed by atoms with E-state index >= 15 is 0 Å². The van der Waals surface area contributed by atoms with Crippen molar-refractivity contribution in [2.45, 2.75) is 58.0 Å². The first-order chi connectivity index (χ1) is 25.4. The maximum absolute atomic E-state index is 13.1. The molecule has 0 saturated heterocycles. The molecule has 3 rings (SSSR count). The number of hydrogen-bond donors (Lipinski definition) is 1. The Morgan fingerprint density at radius 1 is 0.615 bits per heavy atom. The standard InChI is InChI=1S/C40H54F3NO8/c1-2-3-4-5-6-7-11-33-16-18-36(19-17-33)51-30-28-49-26-24-47-22-20-46-21-23-48-25-27-50-29-31-52-39(45)37-14-8-9-15-38(37)44-35-13-10-12-34(32-35)40(41,42)43/h8-10,12-19,32,44H,2-7,11,20-31H2,1H3. The molecule has 3 aromatic rings. The van der Waals surface area contributed by atoms with E-state index in [-0.39, 0.29) is 24.5 Å². The lowest BCUT2D eigenvalue weighted by Crippen LogP contribution is -2.15. The van der Waals surface area contributed by atoms with Crippen LogP contribution in [-0.2, 0) is 41.0 Å². The molecule has 0 aromatic heterocycles. The Hall–Kier alpha value is -3.68. The molecule has 1 N–H and O–H groups in total. The fourth-order valence-electron chi connectivity index (χ4n) is 5.03. The monoisotopic (exact) mass is 733 g/mol. The highest BCUT2D eigenvalue weighted by molar-refractivity contribution is 5.96. The van der Waals surface area contributed by atoms with E-state index in [4.69, 9.17) is 33.2 Å². The Kier molecular flexibility index (Phi) is 21.5. The molecule has 0 aliphatic rings. The first-order valence-corrected chi connectivity index (χ1v) is 18.2. The van der Waals surface area contributed by atoms with Crippen LogP contribution in [-0.4, -0.2) is 85.3 Å². The number of alkyl halides is 3. The lowest BCUT2D eigenvalue weighted by atomic mass is 10.0. The van der Waals surface area contributed by atoms with Crippen LogP contribution in [0.3, 0.4) is 0 Å². The average Bonchev–Trinajstić information content (AvgIpc) is 3.14. The number of aryl methyl sites for hydroxylation is 1. The minimum atomic E-state index is -4.47. The molecule has 0 bridgehead atoms. The van der Waals surface area contributed by atoms with Crippen LogP contribution in [0.25, 0.3) is 0 Å². The Morgan fingerprint density at radius 3 is 1.79 bits per heavy atom. The van der Waals surface area contributed by atoms with Crippen LogP contribution in [0.1, 0.15) is 66.9 Å². The number of halogens is 3. The van der Waals surface area contributed by atoms with Gasteiger partial charge >= 0.3 is 12.1 Å². The summed E-state index contributed by atoms with van der Waals surface area (Å²) in [5.41, 5.74) is 1.29. The van der Waals surface area contributed by atoms with Crippen LogP contribution in [0.4, 0.5) is 24.5 Å². The minimum absolute atomic E-state index is 0.00643. The zero-order valence-electron chi connectivity index (χ0n) is 30.3. The maximum Gasteiger partial charge on any atom is 0.416 e. The molecule has 0 saturated carbocycles. The van der Waals surface area contributed by atoms with Gasteiger partial charge in [0.1, 0.15) is 19.0 Å². The van der Waals surface area contributed by atoms with Crippen molar-refractivity contribution in [1.82, 2.24) is 0 Å². The van der Waals surface area contributed by atoms with Crippen LogP contribution in [0, 0.1) is 0 Å². The fraction of sp³-hybridized carbons (Fsp3) is 0.525. The second-order valence-corrected chi connectivity index (χ2v) is 12.0. The van der Waals surface area contributed by atoms with E-state index in [0.717, 1.165) is 24.3 Å². The van der Waals surface area contributed by atoms with Gasteiger partial charge in [-0.3, -0.25) is 0 Å². The van der Waals surface area contributed by atoms with Gasteiger partial charge in [0.25, 0.3) is 0 Å². The van der Waals surface area contributed by atoms with Crippen molar-refractivity contribution in [2.75, 3.05) is 84.6 Å². The Labute approximate surface area is 306 Å². The van der Waals surface area contributed by atoms with Gasteiger partial charge < -0.3 is 38.5 Å². The Bertz CT molecular complexity index is 1370. The number of benzene rings is 3. The smallest absolute Gasteiger partial charge is 0.416 e. The summed E-state index contributed by atoms with van der Waals surface area (Å²) in [6.07, 6.45) is 4.49. The van der Waals surface area contributed by atoms with Crippen molar-refractivity contribution < 1.29 is 51.1 Å². The van der Waals surface area contributed by atoms with Crippen molar-refractivity contribution in [1.29, 1.82) is 0 Å². The van der Waals surface area contributed by atoms with Gasteiger partial charge in [0.05, 0.1) is 82.9 Å². The molecule has 0 heterocycles. The summed E-state index contributed by atoms with van der Waals surface area (Å²) in [7, 11) is 0. The number of para-hydroxylation sites is 1. The Balaban J connectivity index is 1.08. The summed E-state index contributed by atoms with van der Waals surface area (Å²) < 4.78 is 77.7. The number of esters is 1. The van der Waals surface area contributed by atoms with E-state index in [1.807, 2.05) is 12.1 Å². The van der Waals surface area contributed by atoms with Gasteiger partial charge in [0.15, 0.2) is 0 Å². The van der Waals surface area contributed by atoms with Crippen LogP contribution in [0.15, 0.2) is 72.8 Å². The van der Waals surface area contributed by atoms with Crippen molar-refractivity contribution in [3.8, 4) is 5.75 Å². The number of anilines is 2. The van der Waals surface area contributed by atoms with Crippen LogP contribution in [0.2, 0.25) is 0 Å². The fourth-order valence-corrected chi connectivity index (χ4v) is 5.03. The van der Waals surface area contributed by atoms with E-state index in [0.29, 0.717) is 71.8 Å². The first-order valence-electron chi connectivity index (χ1n) is 18.2. The number of nitrogens with one attached hydrogen (secondary N) is 1. The summed E-state index contributed by atoms with van der Waals surface area (Å²) in [5, 5.41) is 2.86. The molecule has 0 spiro atoms. The van der Waals surface area contributed by atoms with Crippen molar-refractivity contribution >= 4 is 17.3 Å². The number of ether oxygens (including phenoxy) is 7. The van der Waals surface area contributed by atoms with Crippen LogP contribution in [0.5, 0.6) is 5.75 Å². The molecule has 9 nitrogen and oxygen atoms in total. The summed E-state index contributed by atoms with van der Waals surface area (Å²) >= 11 is 0. The SMILES string of the molecule is CCCCCCCCc1ccc(OCCOCCOCCOCCOCCOCCOC(=O)c2ccccc2Nc2cccc(C(F)(F)F)c2)cc1. The van der Waals surface area contributed by atoms with Gasteiger partial charge in [-0.1, -0.05) is 69.4 Å².